The molecule has 1 aliphatic rings. The maximum Gasteiger partial charge on any atom is 0.323 e. The van der Waals surface area contributed by atoms with Crippen LogP contribution in [-0.4, -0.2) is 36.6 Å². The first-order valence-electron chi connectivity index (χ1n) is 5.32. The molecule has 0 saturated heterocycles. The van der Waals surface area contributed by atoms with Gasteiger partial charge >= 0.3 is 5.97 Å². The van der Waals surface area contributed by atoms with Gasteiger partial charge in [0.05, 0.1) is 12.2 Å². The van der Waals surface area contributed by atoms with E-state index in [0.29, 0.717) is 30.2 Å². The fraction of sp³-hybridized carbons (Fsp3) is 0.333. The Morgan fingerprint density at radius 1 is 1.47 bits per heavy atom. The minimum absolute atomic E-state index is 0.0475. The number of Topliss-reactive ketones (excluding diaryl/α,β-unsaturated/α-hetero) is 1. The van der Waals surface area contributed by atoms with Crippen molar-refractivity contribution in [2.24, 2.45) is 0 Å². The van der Waals surface area contributed by atoms with Crippen LogP contribution < -0.4 is 9.64 Å². The minimum Gasteiger partial charge on any atom is -0.490 e. The second-order valence-corrected chi connectivity index (χ2v) is 3.90. The normalized spacial score (nSPS) is 13.8. The standard InChI is InChI=1S/C12H13NO4/c1-8(14)9-2-3-11-10(6-9)13(4-5-17-11)7-12(15)16/h2-3,6H,4-5,7H2,1H3,(H,15,16). The van der Waals surface area contributed by atoms with Gasteiger partial charge in [0.1, 0.15) is 18.9 Å². The molecule has 0 radical (unpaired) electrons. The number of fused-ring (bicyclic) bond motifs is 1. The Morgan fingerprint density at radius 3 is 2.88 bits per heavy atom. The van der Waals surface area contributed by atoms with Crippen molar-refractivity contribution in [3.05, 3.63) is 23.8 Å². The van der Waals surface area contributed by atoms with Gasteiger partial charge in [0, 0.05) is 5.56 Å². The van der Waals surface area contributed by atoms with Crippen LogP contribution in [0, 0.1) is 0 Å². The molecule has 0 aliphatic carbocycles. The van der Waals surface area contributed by atoms with E-state index < -0.39 is 5.97 Å². The van der Waals surface area contributed by atoms with Crippen LogP contribution in [0.1, 0.15) is 17.3 Å². The Labute approximate surface area is 98.6 Å². The van der Waals surface area contributed by atoms with Crippen LogP contribution in [0.3, 0.4) is 0 Å². The van der Waals surface area contributed by atoms with Crippen molar-refractivity contribution in [2.45, 2.75) is 6.92 Å². The summed E-state index contributed by atoms with van der Waals surface area (Å²) in [4.78, 5) is 23.7. The smallest absolute Gasteiger partial charge is 0.323 e. The average molecular weight is 235 g/mol. The summed E-state index contributed by atoms with van der Waals surface area (Å²) in [6.45, 7) is 2.37. The van der Waals surface area contributed by atoms with E-state index in [2.05, 4.69) is 0 Å². The third kappa shape index (κ3) is 2.38. The number of benzene rings is 1. The maximum absolute atomic E-state index is 11.3. The summed E-state index contributed by atoms with van der Waals surface area (Å²) in [5, 5.41) is 8.82. The third-order valence-electron chi connectivity index (χ3n) is 2.65. The number of aliphatic carboxylic acids is 1. The van der Waals surface area contributed by atoms with Gasteiger partial charge in [-0.3, -0.25) is 9.59 Å². The Balaban J connectivity index is 2.37. The Kier molecular flexibility index (Phi) is 2.99. The van der Waals surface area contributed by atoms with Crippen molar-refractivity contribution in [2.75, 3.05) is 24.6 Å². The lowest BCUT2D eigenvalue weighted by atomic mass is 10.1. The van der Waals surface area contributed by atoms with E-state index in [0.717, 1.165) is 0 Å². The number of ketones is 1. The first-order chi connectivity index (χ1) is 8.08. The summed E-state index contributed by atoms with van der Waals surface area (Å²) in [6.07, 6.45) is 0. The minimum atomic E-state index is -0.897. The molecule has 1 aromatic rings. The zero-order valence-corrected chi connectivity index (χ0v) is 9.47. The molecular weight excluding hydrogens is 222 g/mol. The molecule has 0 aromatic heterocycles. The molecule has 1 aromatic carbocycles. The van der Waals surface area contributed by atoms with Gasteiger partial charge in [0.2, 0.25) is 0 Å². The lowest BCUT2D eigenvalue weighted by Crippen LogP contribution is -2.36. The van der Waals surface area contributed by atoms with Crippen LogP contribution in [0.5, 0.6) is 5.75 Å². The van der Waals surface area contributed by atoms with E-state index in [-0.39, 0.29) is 12.3 Å². The SMILES string of the molecule is CC(=O)c1ccc2c(c1)N(CC(=O)O)CCO2. The number of carboxylic acids is 1. The van der Waals surface area contributed by atoms with Gasteiger partial charge in [-0.05, 0) is 25.1 Å². The van der Waals surface area contributed by atoms with Gasteiger partial charge in [-0.25, -0.2) is 0 Å². The molecular formula is C12H13NO4. The van der Waals surface area contributed by atoms with Crippen molar-refractivity contribution in [1.82, 2.24) is 0 Å². The first-order valence-corrected chi connectivity index (χ1v) is 5.32. The predicted molar refractivity (Wildman–Crippen MR) is 61.8 cm³/mol. The highest BCUT2D eigenvalue weighted by molar-refractivity contribution is 5.95. The Morgan fingerprint density at radius 2 is 2.24 bits per heavy atom. The summed E-state index contributed by atoms with van der Waals surface area (Å²) >= 11 is 0. The molecule has 0 unspecified atom stereocenters. The molecule has 90 valence electrons. The van der Waals surface area contributed by atoms with Gasteiger partial charge in [0.15, 0.2) is 5.78 Å². The second kappa shape index (κ2) is 4.45. The van der Waals surface area contributed by atoms with Crippen LogP contribution in [0.25, 0.3) is 0 Å². The number of rotatable bonds is 3. The van der Waals surface area contributed by atoms with Crippen LogP contribution in [0.15, 0.2) is 18.2 Å². The van der Waals surface area contributed by atoms with E-state index in [4.69, 9.17) is 9.84 Å². The van der Waals surface area contributed by atoms with Crippen molar-refractivity contribution in [3.63, 3.8) is 0 Å². The molecule has 0 amide bonds. The number of ether oxygens (including phenoxy) is 1. The van der Waals surface area contributed by atoms with Gasteiger partial charge in [-0.2, -0.15) is 0 Å². The molecule has 1 aliphatic heterocycles. The number of carbonyl (C=O) groups is 2. The van der Waals surface area contributed by atoms with E-state index >= 15 is 0 Å². The quantitative estimate of drug-likeness (QED) is 0.797. The lowest BCUT2D eigenvalue weighted by Gasteiger charge is -2.30. The van der Waals surface area contributed by atoms with Gasteiger partial charge in [-0.1, -0.05) is 0 Å². The number of hydrogen-bond donors (Lipinski definition) is 1. The predicted octanol–water partition coefficient (Wildman–Crippen LogP) is 1.17. The highest BCUT2D eigenvalue weighted by atomic mass is 16.5. The van der Waals surface area contributed by atoms with Crippen molar-refractivity contribution in [3.8, 4) is 5.75 Å². The number of anilines is 1. The molecule has 0 fully saturated rings. The number of carboxylic acid groups (broad SMARTS) is 1. The number of nitrogens with zero attached hydrogens (tertiary/aromatic N) is 1. The topological polar surface area (TPSA) is 66.8 Å². The largest absolute Gasteiger partial charge is 0.490 e. The van der Waals surface area contributed by atoms with Crippen LogP contribution in [0.2, 0.25) is 0 Å². The zero-order valence-electron chi connectivity index (χ0n) is 9.47. The molecule has 1 N–H and O–H groups in total. The van der Waals surface area contributed by atoms with Crippen molar-refractivity contribution >= 4 is 17.4 Å². The third-order valence-corrected chi connectivity index (χ3v) is 2.65. The highest BCUT2D eigenvalue weighted by Crippen LogP contribution is 2.32. The van der Waals surface area contributed by atoms with Gasteiger partial charge in [0.25, 0.3) is 0 Å². The molecule has 0 saturated carbocycles. The monoisotopic (exact) mass is 235 g/mol. The van der Waals surface area contributed by atoms with E-state index in [1.807, 2.05) is 0 Å². The molecule has 2 rings (SSSR count). The number of carbonyl (C=O) groups excluding carboxylic acids is 1. The molecule has 17 heavy (non-hydrogen) atoms. The first kappa shape index (κ1) is 11.4. The summed E-state index contributed by atoms with van der Waals surface area (Å²) in [5.74, 6) is -0.317. The summed E-state index contributed by atoms with van der Waals surface area (Å²) < 4.78 is 5.42. The summed E-state index contributed by atoms with van der Waals surface area (Å²) in [6, 6.07) is 5.07. The van der Waals surface area contributed by atoms with Crippen molar-refractivity contribution < 1.29 is 19.4 Å². The fourth-order valence-corrected chi connectivity index (χ4v) is 1.82. The molecule has 1 heterocycles. The van der Waals surface area contributed by atoms with Crippen LogP contribution in [-0.2, 0) is 4.79 Å². The molecule has 5 heteroatoms. The lowest BCUT2D eigenvalue weighted by molar-refractivity contribution is -0.135. The van der Waals surface area contributed by atoms with Crippen molar-refractivity contribution in [1.29, 1.82) is 0 Å². The highest BCUT2D eigenvalue weighted by Gasteiger charge is 2.20. The molecule has 0 atom stereocenters. The average Bonchev–Trinajstić information content (AvgIpc) is 2.28. The van der Waals surface area contributed by atoms with Crippen LogP contribution >= 0.6 is 0 Å². The maximum atomic E-state index is 11.3. The van der Waals surface area contributed by atoms with E-state index in [1.54, 1.807) is 23.1 Å². The van der Waals surface area contributed by atoms with Gasteiger partial charge in [-0.15, -0.1) is 0 Å². The Hall–Kier alpha value is -2.04. The molecule has 0 spiro atoms. The van der Waals surface area contributed by atoms with E-state index in [9.17, 15) is 9.59 Å². The van der Waals surface area contributed by atoms with Gasteiger partial charge < -0.3 is 14.7 Å². The van der Waals surface area contributed by atoms with Crippen LogP contribution in [0.4, 0.5) is 5.69 Å². The second-order valence-electron chi connectivity index (χ2n) is 3.90. The molecule has 0 bridgehead atoms. The summed E-state index contributed by atoms with van der Waals surface area (Å²) in [5.41, 5.74) is 1.23. The Bertz CT molecular complexity index is 470. The summed E-state index contributed by atoms with van der Waals surface area (Å²) in [7, 11) is 0. The molecule has 5 nitrogen and oxygen atoms in total. The van der Waals surface area contributed by atoms with E-state index in [1.165, 1.54) is 6.92 Å². The fourth-order valence-electron chi connectivity index (χ4n) is 1.82. The zero-order chi connectivity index (χ0) is 12.4. The number of hydrogen-bond acceptors (Lipinski definition) is 4.